The molecule has 1 aliphatic rings. The fraction of sp³-hybridized carbons (Fsp3) is 0.312. The third-order valence-corrected chi connectivity index (χ3v) is 4.96. The van der Waals surface area contributed by atoms with Crippen LogP contribution in [-0.4, -0.2) is 16.6 Å². The highest BCUT2D eigenvalue weighted by atomic mass is 32.1. The van der Waals surface area contributed by atoms with Crippen LogP contribution in [-0.2, 0) is 0 Å². The Morgan fingerprint density at radius 1 is 1.35 bits per heavy atom. The van der Waals surface area contributed by atoms with Crippen LogP contribution in [0.25, 0.3) is 0 Å². The van der Waals surface area contributed by atoms with Crippen molar-refractivity contribution in [1.82, 2.24) is 4.90 Å². The topological polar surface area (TPSA) is 15.3 Å². The van der Waals surface area contributed by atoms with E-state index in [4.69, 9.17) is 12.2 Å². The van der Waals surface area contributed by atoms with Crippen LogP contribution < -0.4 is 5.32 Å². The molecule has 1 saturated heterocycles. The molecule has 2 aromatic rings. The third kappa shape index (κ3) is 2.86. The van der Waals surface area contributed by atoms with Crippen LogP contribution in [0.4, 0.5) is 5.69 Å². The van der Waals surface area contributed by atoms with Gasteiger partial charge in [-0.3, -0.25) is 0 Å². The summed E-state index contributed by atoms with van der Waals surface area (Å²) in [6.07, 6.45) is 2.40. The second-order valence-electron chi connectivity index (χ2n) is 5.17. The monoisotopic (exact) mass is 302 g/mol. The van der Waals surface area contributed by atoms with E-state index in [0.717, 1.165) is 17.3 Å². The van der Waals surface area contributed by atoms with Crippen molar-refractivity contribution in [3.63, 3.8) is 0 Å². The maximum Gasteiger partial charge on any atom is 0.173 e. The summed E-state index contributed by atoms with van der Waals surface area (Å²) in [5.74, 6) is 0. The summed E-state index contributed by atoms with van der Waals surface area (Å²) in [7, 11) is 0. The molecule has 0 radical (unpaired) electrons. The smallest absolute Gasteiger partial charge is 0.173 e. The lowest BCUT2D eigenvalue weighted by Crippen LogP contribution is -2.33. The molecule has 1 atom stereocenters. The highest BCUT2D eigenvalue weighted by Gasteiger charge is 2.28. The molecule has 4 heteroatoms. The van der Waals surface area contributed by atoms with Crippen molar-refractivity contribution in [2.24, 2.45) is 0 Å². The van der Waals surface area contributed by atoms with Crippen LogP contribution in [0.5, 0.6) is 0 Å². The molecule has 0 spiro atoms. The van der Waals surface area contributed by atoms with Crippen molar-refractivity contribution < 1.29 is 0 Å². The summed E-state index contributed by atoms with van der Waals surface area (Å²) in [5.41, 5.74) is 2.32. The fourth-order valence-corrected chi connectivity index (χ4v) is 3.91. The SMILES string of the molecule is Cc1cccc(NC(=S)N2CCC[C@H]2c2cccs2)c1. The lowest BCUT2D eigenvalue weighted by molar-refractivity contribution is 0.412. The first kappa shape index (κ1) is 13.6. The fourth-order valence-electron chi connectivity index (χ4n) is 2.70. The van der Waals surface area contributed by atoms with Gasteiger partial charge in [-0.15, -0.1) is 11.3 Å². The Balaban J connectivity index is 1.73. The first-order chi connectivity index (χ1) is 9.74. The van der Waals surface area contributed by atoms with Crippen LogP contribution in [0.15, 0.2) is 41.8 Å². The van der Waals surface area contributed by atoms with Gasteiger partial charge in [-0.05, 0) is 61.1 Å². The van der Waals surface area contributed by atoms with Crippen molar-refractivity contribution in [2.75, 3.05) is 11.9 Å². The van der Waals surface area contributed by atoms with E-state index in [9.17, 15) is 0 Å². The van der Waals surface area contributed by atoms with Crippen molar-refractivity contribution in [3.05, 3.63) is 52.2 Å². The molecule has 0 saturated carbocycles. The van der Waals surface area contributed by atoms with Crippen LogP contribution in [0.2, 0.25) is 0 Å². The molecule has 3 rings (SSSR count). The van der Waals surface area contributed by atoms with E-state index in [1.165, 1.54) is 23.3 Å². The van der Waals surface area contributed by atoms with Gasteiger partial charge in [0, 0.05) is 17.1 Å². The van der Waals surface area contributed by atoms with Gasteiger partial charge in [-0.2, -0.15) is 0 Å². The Morgan fingerprint density at radius 3 is 3.00 bits per heavy atom. The average molecular weight is 302 g/mol. The number of hydrogen-bond acceptors (Lipinski definition) is 2. The molecule has 1 N–H and O–H groups in total. The summed E-state index contributed by atoms with van der Waals surface area (Å²) in [4.78, 5) is 3.74. The molecule has 1 fully saturated rings. The minimum absolute atomic E-state index is 0.444. The van der Waals surface area contributed by atoms with E-state index in [1.54, 1.807) is 0 Å². The van der Waals surface area contributed by atoms with Gasteiger partial charge < -0.3 is 10.2 Å². The molecule has 1 aromatic carbocycles. The molecular formula is C16H18N2S2. The summed E-state index contributed by atoms with van der Waals surface area (Å²) >= 11 is 7.43. The zero-order valence-corrected chi connectivity index (χ0v) is 13.1. The predicted octanol–water partition coefficient (Wildman–Crippen LogP) is 4.59. The molecular weight excluding hydrogens is 284 g/mol. The first-order valence-corrected chi connectivity index (χ1v) is 8.20. The lowest BCUT2D eigenvalue weighted by Gasteiger charge is -2.27. The van der Waals surface area contributed by atoms with Gasteiger partial charge in [0.2, 0.25) is 0 Å². The Bertz CT molecular complexity index is 592. The van der Waals surface area contributed by atoms with Crippen LogP contribution >= 0.6 is 23.6 Å². The van der Waals surface area contributed by atoms with E-state index in [0.29, 0.717) is 6.04 Å². The van der Waals surface area contributed by atoms with E-state index < -0.39 is 0 Å². The molecule has 0 bridgehead atoms. The van der Waals surface area contributed by atoms with Gasteiger partial charge in [0.1, 0.15) is 0 Å². The second-order valence-corrected chi connectivity index (χ2v) is 6.53. The van der Waals surface area contributed by atoms with Gasteiger partial charge in [0.15, 0.2) is 5.11 Å². The number of hydrogen-bond donors (Lipinski definition) is 1. The number of aryl methyl sites for hydroxylation is 1. The molecule has 0 unspecified atom stereocenters. The molecule has 0 aliphatic carbocycles. The van der Waals surface area contributed by atoms with E-state index in [1.807, 2.05) is 11.3 Å². The highest BCUT2D eigenvalue weighted by Crippen LogP contribution is 2.34. The molecule has 1 aromatic heterocycles. The number of rotatable bonds is 2. The van der Waals surface area contributed by atoms with Crippen molar-refractivity contribution in [2.45, 2.75) is 25.8 Å². The quantitative estimate of drug-likeness (QED) is 0.817. The maximum absolute atomic E-state index is 5.61. The number of nitrogens with zero attached hydrogens (tertiary/aromatic N) is 1. The molecule has 0 amide bonds. The first-order valence-electron chi connectivity index (χ1n) is 6.92. The number of likely N-dealkylation sites (tertiary alicyclic amines) is 1. The lowest BCUT2D eigenvalue weighted by atomic mass is 10.2. The number of nitrogens with one attached hydrogen (secondary N) is 1. The summed E-state index contributed by atoms with van der Waals surface area (Å²) in [6, 6.07) is 13.1. The van der Waals surface area contributed by atoms with Gasteiger partial charge in [0.25, 0.3) is 0 Å². The summed E-state index contributed by atoms with van der Waals surface area (Å²) in [5, 5.41) is 6.36. The van der Waals surface area contributed by atoms with Gasteiger partial charge >= 0.3 is 0 Å². The van der Waals surface area contributed by atoms with Crippen molar-refractivity contribution >= 4 is 34.4 Å². The van der Waals surface area contributed by atoms with E-state index in [-0.39, 0.29) is 0 Å². The Kier molecular flexibility index (Phi) is 4.03. The number of benzene rings is 1. The standard InChI is InChI=1S/C16H18N2S2/c1-12-5-2-6-13(11-12)17-16(19)18-9-3-7-14(18)15-8-4-10-20-15/h2,4-6,8,10-11,14H,3,7,9H2,1H3,(H,17,19)/t14-/m0/s1. The largest absolute Gasteiger partial charge is 0.341 e. The number of anilines is 1. The Hall–Kier alpha value is -1.39. The number of thiophene rings is 1. The van der Waals surface area contributed by atoms with Crippen molar-refractivity contribution in [1.29, 1.82) is 0 Å². The van der Waals surface area contributed by atoms with Gasteiger partial charge in [0.05, 0.1) is 6.04 Å². The van der Waals surface area contributed by atoms with E-state index >= 15 is 0 Å². The summed E-state index contributed by atoms with van der Waals surface area (Å²) in [6.45, 7) is 3.14. The Labute approximate surface area is 129 Å². The maximum atomic E-state index is 5.61. The molecule has 2 nitrogen and oxygen atoms in total. The predicted molar refractivity (Wildman–Crippen MR) is 90.4 cm³/mol. The minimum Gasteiger partial charge on any atom is -0.341 e. The van der Waals surface area contributed by atoms with Gasteiger partial charge in [-0.25, -0.2) is 0 Å². The molecule has 2 heterocycles. The number of thiocarbonyl (C=S) groups is 1. The zero-order chi connectivity index (χ0) is 13.9. The summed E-state index contributed by atoms with van der Waals surface area (Å²) < 4.78 is 0. The molecule has 1 aliphatic heterocycles. The zero-order valence-electron chi connectivity index (χ0n) is 11.5. The van der Waals surface area contributed by atoms with Crippen LogP contribution in [0.3, 0.4) is 0 Å². The second kappa shape index (κ2) is 5.94. The van der Waals surface area contributed by atoms with Crippen LogP contribution in [0.1, 0.15) is 29.3 Å². The molecule has 20 heavy (non-hydrogen) atoms. The van der Waals surface area contributed by atoms with Crippen LogP contribution in [0, 0.1) is 6.92 Å². The van der Waals surface area contributed by atoms with E-state index in [2.05, 4.69) is 58.9 Å². The highest BCUT2D eigenvalue weighted by molar-refractivity contribution is 7.80. The van der Waals surface area contributed by atoms with Gasteiger partial charge in [-0.1, -0.05) is 18.2 Å². The van der Waals surface area contributed by atoms with Crippen molar-refractivity contribution in [3.8, 4) is 0 Å². The average Bonchev–Trinajstić information content (AvgIpc) is 3.09. The Morgan fingerprint density at radius 2 is 2.25 bits per heavy atom. The minimum atomic E-state index is 0.444. The third-order valence-electron chi connectivity index (χ3n) is 3.65. The normalized spacial score (nSPS) is 18.2. The molecule has 104 valence electrons.